The van der Waals surface area contributed by atoms with Crippen molar-refractivity contribution in [3.05, 3.63) is 39.6 Å². The fourth-order valence-corrected chi connectivity index (χ4v) is 2.26. The van der Waals surface area contributed by atoms with Gasteiger partial charge in [-0.2, -0.15) is 4.98 Å². The predicted octanol–water partition coefficient (Wildman–Crippen LogP) is 4.22. The van der Waals surface area contributed by atoms with Crippen LogP contribution in [-0.4, -0.2) is 9.97 Å². The van der Waals surface area contributed by atoms with E-state index in [-0.39, 0.29) is 0 Å². The number of nitrogens with zero attached hydrogens (tertiary/aromatic N) is 2. The number of rotatable bonds is 4. The summed E-state index contributed by atoms with van der Waals surface area (Å²) in [6.07, 6.45) is 1.71. The first kappa shape index (κ1) is 14.1. The molecule has 0 spiro atoms. The molecule has 19 heavy (non-hydrogen) atoms. The quantitative estimate of drug-likeness (QED) is 0.903. The SMILES string of the molecule is CCCc1nc(N)cc(Oc2ccc(Br)cc2Cl)n1. The van der Waals surface area contributed by atoms with Crippen LogP contribution in [0.15, 0.2) is 28.7 Å². The molecule has 1 heterocycles. The van der Waals surface area contributed by atoms with E-state index in [1.807, 2.05) is 6.07 Å². The molecule has 0 saturated carbocycles. The van der Waals surface area contributed by atoms with Crippen molar-refractivity contribution in [3.8, 4) is 11.6 Å². The lowest BCUT2D eigenvalue weighted by molar-refractivity contribution is 0.459. The molecule has 2 aromatic rings. The van der Waals surface area contributed by atoms with Gasteiger partial charge in [-0.1, -0.05) is 34.5 Å². The van der Waals surface area contributed by atoms with E-state index in [4.69, 9.17) is 22.1 Å². The number of aryl methyl sites for hydroxylation is 1. The number of hydrogen-bond acceptors (Lipinski definition) is 4. The van der Waals surface area contributed by atoms with E-state index in [2.05, 4.69) is 32.8 Å². The van der Waals surface area contributed by atoms with E-state index in [1.165, 1.54) is 0 Å². The maximum absolute atomic E-state index is 6.09. The van der Waals surface area contributed by atoms with Gasteiger partial charge in [-0.15, -0.1) is 0 Å². The van der Waals surface area contributed by atoms with Crippen molar-refractivity contribution in [2.75, 3.05) is 5.73 Å². The van der Waals surface area contributed by atoms with E-state index >= 15 is 0 Å². The Morgan fingerprint density at radius 3 is 2.79 bits per heavy atom. The van der Waals surface area contributed by atoms with E-state index in [9.17, 15) is 0 Å². The number of halogens is 2. The highest BCUT2D eigenvalue weighted by Crippen LogP contribution is 2.31. The minimum atomic E-state index is 0.390. The van der Waals surface area contributed by atoms with Crippen LogP contribution in [0.25, 0.3) is 0 Å². The number of benzene rings is 1. The monoisotopic (exact) mass is 341 g/mol. The lowest BCUT2D eigenvalue weighted by Crippen LogP contribution is -2.01. The van der Waals surface area contributed by atoms with Crippen LogP contribution < -0.4 is 10.5 Å². The third kappa shape index (κ3) is 3.81. The molecule has 1 aromatic heterocycles. The highest BCUT2D eigenvalue weighted by molar-refractivity contribution is 9.10. The molecule has 100 valence electrons. The van der Waals surface area contributed by atoms with E-state index in [1.54, 1.807) is 18.2 Å². The molecule has 0 fully saturated rings. The molecule has 2 rings (SSSR count). The minimum absolute atomic E-state index is 0.390. The topological polar surface area (TPSA) is 61.0 Å². The molecule has 0 atom stereocenters. The summed E-state index contributed by atoms with van der Waals surface area (Å²) in [4.78, 5) is 8.45. The van der Waals surface area contributed by atoms with Crippen molar-refractivity contribution in [2.24, 2.45) is 0 Å². The predicted molar refractivity (Wildman–Crippen MR) is 79.7 cm³/mol. The van der Waals surface area contributed by atoms with E-state index in [0.717, 1.165) is 17.3 Å². The molecule has 4 nitrogen and oxygen atoms in total. The summed E-state index contributed by atoms with van der Waals surface area (Å²) in [6, 6.07) is 6.95. The van der Waals surface area contributed by atoms with Crippen molar-refractivity contribution < 1.29 is 4.74 Å². The Labute approximate surface area is 125 Å². The molecule has 1 aromatic carbocycles. The van der Waals surface area contributed by atoms with Gasteiger partial charge in [0.2, 0.25) is 5.88 Å². The van der Waals surface area contributed by atoms with Gasteiger partial charge in [0, 0.05) is 17.0 Å². The highest BCUT2D eigenvalue weighted by Gasteiger charge is 2.07. The normalized spacial score (nSPS) is 10.5. The van der Waals surface area contributed by atoms with Crippen molar-refractivity contribution >= 4 is 33.3 Å². The molecule has 0 saturated heterocycles. The summed E-state index contributed by atoms with van der Waals surface area (Å²) in [5.41, 5.74) is 5.73. The van der Waals surface area contributed by atoms with Crippen LogP contribution in [0.1, 0.15) is 19.2 Å². The number of nitrogens with two attached hydrogens (primary N) is 1. The number of nitrogen functional groups attached to an aromatic ring is 1. The second-order valence-electron chi connectivity index (χ2n) is 3.97. The van der Waals surface area contributed by atoms with Gasteiger partial charge >= 0.3 is 0 Å². The van der Waals surface area contributed by atoms with Crippen molar-refractivity contribution in [3.63, 3.8) is 0 Å². The molecule has 0 amide bonds. The molecule has 0 unspecified atom stereocenters. The van der Waals surface area contributed by atoms with Crippen LogP contribution in [-0.2, 0) is 6.42 Å². The van der Waals surface area contributed by atoms with Gasteiger partial charge in [0.05, 0.1) is 5.02 Å². The average molecular weight is 343 g/mol. The van der Waals surface area contributed by atoms with Gasteiger partial charge in [-0.25, -0.2) is 4.98 Å². The van der Waals surface area contributed by atoms with Crippen LogP contribution in [0.2, 0.25) is 5.02 Å². The van der Waals surface area contributed by atoms with Gasteiger partial charge in [0.1, 0.15) is 17.4 Å². The molecule has 0 aliphatic rings. The van der Waals surface area contributed by atoms with Crippen LogP contribution in [0.5, 0.6) is 11.6 Å². The fraction of sp³-hybridized carbons (Fsp3) is 0.231. The van der Waals surface area contributed by atoms with Crippen LogP contribution in [0.4, 0.5) is 5.82 Å². The minimum Gasteiger partial charge on any atom is -0.437 e. The number of anilines is 1. The second-order valence-corrected chi connectivity index (χ2v) is 5.30. The van der Waals surface area contributed by atoms with Gasteiger partial charge in [0.15, 0.2) is 0 Å². The maximum Gasteiger partial charge on any atom is 0.224 e. The Kier molecular flexibility index (Phi) is 4.61. The summed E-state index contributed by atoms with van der Waals surface area (Å²) in [7, 11) is 0. The highest BCUT2D eigenvalue weighted by atomic mass is 79.9. The Hall–Kier alpha value is -1.33. The van der Waals surface area contributed by atoms with Crippen LogP contribution in [0.3, 0.4) is 0 Å². The van der Waals surface area contributed by atoms with Crippen LogP contribution >= 0.6 is 27.5 Å². The molecule has 0 radical (unpaired) electrons. The summed E-state index contributed by atoms with van der Waals surface area (Å²) < 4.78 is 6.54. The first-order valence-corrected chi connectivity index (χ1v) is 7.02. The first-order valence-electron chi connectivity index (χ1n) is 5.85. The lowest BCUT2D eigenvalue weighted by atomic mass is 10.3. The summed E-state index contributed by atoms with van der Waals surface area (Å²) in [5.74, 6) is 2.00. The third-order valence-corrected chi connectivity index (χ3v) is 3.14. The van der Waals surface area contributed by atoms with Gasteiger partial charge in [-0.05, 0) is 24.6 Å². The zero-order valence-corrected chi connectivity index (χ0v) is 12.7. The summed E-state index contributed by atoms with van der Waals surface area (Å²) in [5, 5.41) is 0.503. The van der Waals surface area contributed by atoms with Gasteiger partial charge in [-0.3, -0.25) is 0 Å². The Morgan fingerprint density at radius 2 is 2.11 bits per heavy atom. The molecule has 2 N–H and O–H groups in total. The number of aromatic nitrogens is 2. The van der Waals surface area contributed by atoms with E-state index < -0.39 is 0 Å². The third-order valence-electron chi connectivity index (χ3n) is 2.35. The molecule has 0 aliphatic heterocycles. The molecule has 6 heteroatoms. The van der Waals surface area contributed by atoms with Crippen molar-refractivity contribution in [1.29, 1.82) is 0 Å². The fourth-order valence-electron chi connectivity index (χ4n) is 1.55. The number of hydrogen-bond donors (Lipinski definition) is 1. The van der Waals surface area contributed by atoms with Crippen LogP contribution in [0, 0.1) is 0 Å². The Bertz CT molecular complexity index is 592. The zero-order valence-electron chi connectivity index (χ0n) is 10.4. The number of ether oxygens (including phenoxy) is 1. The van der Waals surface area contributed by atoms with Gasteiger partial charge < -0.3 is 10.5 Å². The largest absolute Gasteiger partial charge is 0.437 e. The molecule has 0 aliphatic carbocycles. The lowest BCUT2D eigenvalue weighted by Gasteiger charge is -2.08. The van der Waals surface area contributed by atoms with Gasteiger partial charge in [0.25, 0.3) is 0 Å². The average Bonchev–Trinajstić information content (AvgIpc) is 2.32. The maximum atomic E-state index is 6.09. The van der Waals surface area contributed by atoms with E-state index in [0.29, 0.717) is 28.3 Å². The summed E-state index contributed by atoms with van der Waals surface area (Å²) in [6.45, 7) is 2.05. The van der Waals surface area contributed by atoms with Crippen molar-refractivity contribution in [2.45, 2.75) is 19.8 Å². The summed E-state index contributed by atoms with van der Waals surface area (Å²) >= 11 is 9.43. The first-order chi connectivity index (χ1) is 9.08. The molecular formula is C13H13BrClN3O. The smallest absolute Gasteiger partial charge is 0.224 e. The molecule has 0 bridgehead atoms. The van der Waals surface area contributed by atoms with Crippen molar-refractivity contribution in [1.82, 2.24) is 9.97 Å². The Balaban J connectivity index is 2.27. The zero-order chi connectivity index (χ0) is 13.8. The Morgan fingerprint density at radius 1 is 1.32 bits per heavy atom. The standard InChI is InChI=1S/C13H13BrClN3O/c1-2-3-12-17-11(16)7-13(18-12)19-10-5-4-8(14)6-9(10)15/h4-7H,2-3H2,1H3,(H2,16,17,18). The second kappa shape index (κ2) is 6.21. The molecular weight excluding hydrogens is 330 g/mol.